The van der Waals surface area contributed by atoms with Crippen LogP contribution in [-0.4, -0.2) is 29.1 Å². The molecule has 6 aromatic rings. The minimum atomic E-state index is -2.90. The van der Waals surface area contributed by atoms with E-state index >= 15 is 0 Å². The summed E-state index contributed by atoms with van der Waals surface area (Å²) in [5.74, 6) is -0.141. The van der Waals surface area contributed by atoms with E-state index < -0.39 is 47.7 Å². The van der Waals surface area contributed by atoms with Gasteiger partial charge in [-0.25, -0.2) is 46.3 Å². The first-order valence-electron chi connectivity index (χ1n) is 19.4. The average Bonchev–Trinajstić information content (AvgIpc) is 4.12. The first-order chi connectivity index (χ1) is 28.2. The first kappa shape index (κ1) is 42.8. The first-order valence-corrected chi connectivity index (χ1v) is 20.2. The van der Waals surface area contributed by atoms with E-state index in [9.17, 15) is 35.9 Å². The molecule has 2 aliphatic rings. The molecule has 10 nitrogen and oxygen atoms in total. The van der Waals surface area contributed by atoms with Crippen LogP contribution in [0, 0.1) is 32.4 Å². The van der Waals surface area contributed by atoms with Crippen LogP contribution < -0.4 is 21.8 Å². The lowest BCUT2D eigenvalue weighted by Crippen LogP contribution is -2.30. The van der Waals surface area contributed by atoms with Gasteiger partial charge in [-0.15, -0.1) is 0 Å². The summed E-state index contributed by atoms with van der Waals surface area (Å²) in [4.78, 5) is 43.4. The fraction of sp³-hybridized carbons (Fsp3) is 0.395. The van der Waals surface area contributed by atoms with E-state index in [1.165, 1.54) is 24.3 Å². The third kappa shape index (κ3) is 7.99. The maximum atomic E-state index is 14.6. The molecule has 2 aromatic carbocycles. The molecule has 0 radical (unpaired) electrons. The van der Waals surface area contributed by atoms with E-state index in [0.29, 0.717) is 55.1 Å². The van der Waals surface area contributed by atoms with Gasteiger partial charge < -0.3 is 19.8 Å². The van der Waals surface area contributed by atoms with E-state index in [-0.39, 0.29) is 33.3 Å². The van der Waals surface area contributed by atoms with Crippen molar-refractivity contribution in [3.8, 4) is 0 Å². The molecule has 0 amide bonds. The number of hydrogen-bond donors (Lipinski definition) is 2. The monoisotopic (exact) mass is 896 g/mol. The smallest absolute Gasteiger partial charge is 0.267 e. The highest BCUT2D eigenvalue weighted by molar-refractivity contribution is 9.10. The molecule has 0 unspecified atom stereocenters. The van der Waals surface area contributed by atoms with Crippen LogP contribution >= 0.6 is 15.9 Å². The van der Waals surface area contributed by atoms with Crippen LogP contribution in [0.4, 0.5) is 38.0 Å². The highest BCUT2D eigenvalue weighted by Gasteiger charge is 2.42. The van der Waals surface area contributed by atoms with Crippen molar-refractivity contribution in [1.82, 2.24) is 29.1 Å². The molecule has 0 bridgehead atoms. The summed E-state index contributed by atoms with van der Waals surface area (Å²) in [6, 6.07) is 6.65. The second-order valence-electron chi connectivity index (χ2n) is 16.1. The molecule has 4 aromatic heterocycles. The zero-order chi connectivity index (χ0) is 43.6. The lowest BCUT2D eigenvalue weighted by Gasteiger charge is -2.21. The molecular formula is C43H43BrF6N8O2. The summed E-state index contributed by atoms with van der Waals surface area (Å²) < 4.78 is 85.3. The number of halogens is 7. The minimum Gasteiger partial charge on any atom is -0.363 e. The molecule has 60 heavy (non-hydrogen) atoms. The molecule has 17 heteroatoms. The largest absolute Gasteiger partial charge is 0.363 e. The number of hydrogen-bond acceptors (Lipinski definition) is 8. The third-order valence-corrected chi connectivity index (χ3v) is 12.2. The molecule has 316 valence electrons. The Morgan fingerprint density at radius 1 is 0.633 bits per heavy atom. The van der Waals surface area contributed by atoms with Crippen molar-refractivity contribution in [2.45, 2.75) is 110 Å². The van der Waals surface area contributed by atoms with Gasteiger partial charge >= 0.3 is 0 Å². The lowest BCUT2D eigenvalue weighted by atomic mass is 10.0. The summed E-state index contributed by atoms with van der Waals surface area (Å²) >= 11 is 3.37. The van der Waals surface area contributed by atoms with E-state index in [0.717, 1.165) is 37.8 Å². The third-order valence-electron chi connectivity index (χ3n) is 11.5. The summed E-state index contributed by atoms with van der Waals surface area (Å²) in [6.07, 6.45) is 1.28. The van der Waals surface area contributed by atoms with Gasteiger partial charge in [0.15, 0.2) is 0 Å². The van der Waals surface area contributed by atoms with E-state index in [2.05, 4.69) is 46.5 Å². The van der Waals surface area contributed by atoms with Crippen molar-refractivity contribution in [2.24, 2.45) is 0 Å². The van der Waals surface area contributed by atoms with Crippen LogP contribution in [0.5, 0.6) is 0 Å². The van der Waals surface area contributed by atoms with Crippen LogP contribution in [0.1, 0.15) is 118 Å². The zero-order valence-electron chi connectivity index (χ0n) is 33.9. The topological polar surface area (TPSA) is 120 Å². The SMILES string of the molecule is Cc1nc(N[C@H](C)c2cccc(C(F)F)c2F)c2cn(C3(C)CC3)c(=O)c(Br)c2n1.Cc1nc(N[C@H](C)c2cccc(C(F)F)c2F)c2cn(C3(C)CC3)c(=O)c(C)c2n1. The number of aromatic nitrogens is 6. The maximum Gasteiger partial charge on any atom is 0.267 e. The highest BCUT2D eigenvalue weighted by Crippen LogP contribution is 2.44. The Kier molecular flexibility index (Phi) is 11.4. The minimum absolute atomic E-state index is 0.0877. The number of anilines is 2. The molecule has 2 atom stereocenters. The number of nitrogens with one attached hydrogen (secondary N) is 2. The molecule has 2 N–H and O–H groups in total. The fourth-order valence-corrected chi connectivity index (χ4v) is 7.79. The van der Waals surface area contributed by atoms with Gasteiger partial charge in [0.25, 0.3) is 24.0 Å². The maximum absolute atomic E-state index is 14.6. The van der Waals surface area contributed by atoms with Crippen LogP contribution in [-0.2, 0) is 11.1 Å². The van der Waals surface area contributed by atoms with Crippen molar-refractivity contribution >= 4 is 49.4 Å². The number of fused-ring (bicyclic) bond motifs is 2. The number of alkyl halides is 4. The van der Waals surface area contributed by atoms with Gasteiger partial charge in [-0.2, -0.15) is 0 Å². The normalized spacial score (nSPS) is 16.1. The molecule has 2 fully saturated rings. The second kappa shape index (κ2) is 15.9. The summed E-state index contributed by atoms with van der Waals surface area (Å²) in [6.45, 7) is 12.5. The van der Waals surface area contributed by atoms with E-state index in [4.69, 9.17) is 0 Å². The van der Waals surface area contributed by atoms with E-state index in [1.807, 2.05) is 13.8 Å². The molecule has 2 aliphatic carbocycles. The molecule has 2 saturated carbocycles. The molecule has 0 saturated heterocycles. The molecule has 0 aliphatic heterocycles. The van der Waals surface area contributed by atoms with Crippen LogP contribution in [0.3, 0.4) is 0 Å². The average molecular weight is 898 g/mol. The van der Waals surface area contributed by atoms with Crippen LogP contribution in [0.15, 0.2) is 62.9 Å². The molecule has 4 heterocycles. The Morgan fingerprint density at radius 3 is 1.43 bits per heavy atom. The second-order valence-corrected chi connectivity index (χ2v) is 16.9. The Labute approximate surface area is 349 Å². The van der Waals surface area contributed by atoms with Crippen molar-refractivity contribution in [1.29, 1.82) is 0 Å². The lowest BCUT2D eigenvalue weighted by molar-refractivity contribution is 0.145. The summed E-state index contributed by atoms with van der Waals surface area (Å²) in [7, 11) is 0. The Morgan fingerprint density at radius 2 is 1.02 bits per heavy atom. The van der Waals surface area contributed by atoms with Gasteiger partial charge in [0.1, 0.15) is 39.4 Å². The van der Waals surface area contributed by atoms with Gasteiger partial charge in [-0.1, -0.05) is 36.4 Å². The number of aryl methyl sites for hydroxylation is 3. The van der Waals surface area contributed by atoms with Gasteiger partial charge in [-0.3, -0.25) is 9.59 Å². The van der Waals surface area contributed by atoms with Crippen LogP contribution in [0.25, 0.3) is 21.8 Å². The van der Waals surface area contributed by atoms with Gasteiger partial charge in [-0.05, 0) is 90.1 Å². The molecule has 0 spiro atoms. The zero-order valence-corrected chi connectivity index (χ0v) is 35.5. The van der Waals surface area contributed by atoms with Gasteiger partial charge in [0.2, 0.25) is 0 Å². The number of rotatable bonds is 10. The standard InChI is InChI=1S/C22H23F3N4O.C21H20BrF3N4O/c1-11-18-16(10-29(21(11)30)22(4)8-9-22)20(28-13(3)27-18)26-12(2)14-6-5-7-15(17(14)23)19(24)25;1-10(12-5-4-6-13(16(12)23)18(24)25)26-19-14-9-29(21(3)7-8-21)20(30)15(22)17(14)27-11(2)28-19/h5-7,10,12,19H,8-9H2,1-4H3,(H,26,27,28);4-6,9-10,18H,7-8H2,1-3H3,(H,26,27,28)/t12-;10-/m11/s1. The van der Waals surface area contributed by atoms with E-state index in [1.54, 1.807) is 56.1 Å². The van der Waals surface area contributed by atoms with Crippen molar-refractivity contribution < 1.29 is 26.3 Å². The Balaban J connectivity index is 0.000000181. The quantitative estimate of drug-likeness (QED) is 0.131. The number of benzene rings is 2. The van der Waals surface area contributed by atoms with Gasteiger partial charge in [0, 0.05) is 40.2 Å². The predicted octanol–water partition coefficient (Wildman–Crippen LogP) is 10.8. The van der Waals surface area contributed by atoms with Crippen molar-refractivity contribution in [3.05, 3.63) is 125 Å². The summed E-state index contributed by atoms with van der Waals surface area (Å²) in [5, 5.41) is 7.50. The fourth-order valence-electron chi connectivity index (χ4n) is 7.30. The predicted molar refractivity (Wildman–Crippen MR) is 222 cm³/mol. The molecule has 8 rings (SSSR count). The number of nitrogens with zero attached hydrogens (tertiary/aromatic N) is 6. The molecular weight excluding hydrogens is 854 g/mol. The Bertz CT molecular complexity index is 2600. The number of pyridine rings is 2. The summed E-state index contributed by atoms with van der Waals surface area (Å²) in [5.41, 5.74) is -0.261. The Hall–Kier alpha value is -5.32. The van der Waals surface area contributed by atoms with Gasteiger partial charge in [0.05, 0.1) is 45.0 Å². The van der Waals surface area contributed by atoms with Crippen molar-refractivity contribution in [3.63, 3.8) is 0 Å². The van der Waals surface area contributed by atoms with Crippen LogP contribution in [0.2, 0.25) is 0 Å². The highest BCUT2D eigenvalue weighted by atomic mass is 79.9. The van der Waals surface area contributed by atoms with Crippen molar-refractivity contribution in [2.75, 3.05) is 10.6 Å².